The van der Waals surface area contributed by atoms with Crippen LogP contribution in [-0.4, -0.2) is 38.7 Å². The number of nitrogens with one attached hydrogen (secondary N) is 3. The van der Waals surface area contributed by atoms with Gasteiger partial charge in [0.05, 0.1) is 12.3 Å². The Balaban J connectivity index is 1.43. The van der Waals surface area contributed by atoms with Crippen LogP contribution in [-0.2, 0) is 6.42 Å². The van der Waals surface area contributed by atoms with E-state index >= 15 is 0 Å². The average molecular weight is 376 g/mol. The van der Waals surface area contributed by atoms with Crippen molar-refractivity contribution in [3.63, 3.8) is 0 Å². The predicted molar refractivity (Wildman–Crippen MR) is 109 cm³/mol. The Hall–Kier alpha value is -3.11. The first-order valence-electron chi connectivity index (χ1n) is 9.49. The minimum Gasteiger partial charge on any atom is -0.392 e. The number of para-hydroxylation sites is 1. The summed E-state index contributed by atoms with van der Waals surface area (Å²) in [7, 11) is 0. The second-order valence-electron chi connectivity index (χ2n) is 7.87. The van der Waals surface area contributed by atoms with Crippen LogP contribution in [0.3, 0.4) is 0 Å². The molecule has 0 radical (unpaired) electrons. The molecule has 1 fully saturated rings. The van der Waals surface area contributed by atoms with Crippen LogP contribution in [0.2, 0.25) is 0 Å². The van der Waals surface area contributed by atoms with Gasteiger partial charge in [0.1, 0.15) is 17.5 Å². The fraction of sp³-hybridized carbons (Fsp3) is 0.381. The summed E-state index contributed by atoms with van der Waals surface area (Å²) in [5, 5.41) is 27.1. The van der Waals surface area contributed by atoms with Crippen LogP contribution in [0.15, 0.2) is 36.7 Å². The quantitative estimate of drug-likeness (QED) is 0.526. The summed E-state index contributed by atoms with van der Waals surface area (Å²) >= 11 is 0. The normalized spacial score (nSPS) is 20.4. The van der Waals surface area contributed by atoms with E-state index in [1.54, 1.807) is 0 Å². The second kappa shape index (κ2) is 7.13. The second-order valence-corrected chi connectivity index (χ2v) is 7.87. The third-order valence-corrected chi connectivity index (χ3v) is 5.79. The molecule has 4 N–H and O–H groups in total. The Bertz CT molecular complexity index is 1030. The lowest BCUT2D eigenvalue weighted by atomic mass is 9.64. The predicted octanol–water partition coefficient (Wildman–Crippen LogP) is 3.06. The number of hydrogen-bond donors (Lipinski definition) is 4. The number of aromatic nitrogens is 3. The first kappa shape index (κ1) is 18.3. The van der Waals surface area contributed by atoms with E-state index in [2.05, 4.69) is 43.8 Å². The fourth-order valence-electron chi connectivity index (χ4n) is 3.62. The number of aliphatic hydroxyl groups excluding tert-OH is 1. The van der Waals surface area contributed by atoms with Crippen LogP contribution in [0.1, 0.15) is 31.4 Å². The lowest BCUT2D eigenvalue weighted by Crippen LogP contribution is -2.57. The van der Waals surface area contributed by atoms with Gasteiger partial charge in [0.15, 0.2) is 0 Å². The molecular weight excluding hydrogens is 352 g/mol. The van der Waals surface area contributed by atoms with E-state index in [0.717, 1.165) is 11.9 Å². The molecule has 0 aliphatic heterocycles. The van der Waals surface area contributed by atoms with E-state index in [1.165, 1.54) is 17.1 Å². The molecule has 4 rings (SSSR count). The molecule has 1 aromatic carbocycles. The smallest absolute Gasteiger partial charge is 0.224 e. The van der Waals surface area contributed by atoms with Crippen molar-refractivity contribution in [3.05, 3.63) is 47.8 Å². The van der Waals surface area contributed by atoms with Crippen LogP contribution in [0.5, 0.6) is 0 Å². The van der Waals surface area contributed by atoms with E-state index in [9.17, 15) is 10.4 Å². The molecule has 0 spiro atoms. The Morgan fingerprint density at radius 1 is 1.36 bits per heavy atom. The highest BCUT2D eigenvalue weighted by Gasteiger charge is 2.47. The van der Waals surface area contributed by atoms with Crippen molar-refractivity contribution < 1.29 is 5.11 Å². The monoisotopic (exact) mass is 376 g/mol. The standard InChI is InChI=1S/C21H24N6O/c1-21(2)17(9-18(21)28)26-19-14(10-22)12-25-20(27-19)23-8-7-13-11-24-16-6-4-3-5-15(13)16/h3-6,11-12,17-18,24,28H,7-9H2,1-2H3,(H2,23,25,26,27)/t17-,18+/m1/s1. The molecule has 28 heavy (non-hydrogen) atoms. The van der Waals surface area contributed by atoms with Gasteiger partial charge in [0.25, 0.3) is 0 Å². The van der Waals surface area contributed by atoms with Crippen LogP contribution >= 0.6 is 0 Å². The van der Waals surface area contributed by atoms with Crippen LogP contribution < -0.4 is 10.6 Å². The van der Waals surface area contributed by atoms with Crippen molar-refractivity contribution >= 4 is 22.7 Å². The molecule has 7 heteroatoms. The number of nitrogens with zero attached hydrogens (tertiary/aromatic N) is 3. The molecule has 7 nitrogen and oxygen atoms in total. The van der Waals surface area contributed by atoms with Crippen molar-refractivity contribution in [2.24, 2.45) is 5.41 Å². The maximum Gasteiger partial charge on any atom is 0.224 e. The van der Waals surface area contributed by atoms with Crippen LogP contribution in [0.25, 0.3) is 10.9 Å². The van der Waals surface area contributed by atoms with E-state index in [4.69, 9.17) is 0 Å². The van der Waals surface area contributed by atoms with Crippen LogP contribution in [0.4, 0.5) is 11.8 Å². The number of hydrogen-bond acceptors (Lipinski definition) is 6. The van der Waals surface area contributed by atoms with Gasteiger partial charge in [-0.2, -0.15) is 10.2 Å². The molecule has 0 bridgehead atoms. The van der Waals surface area contributed by atoms with Gasteiger partial charge in [-0.15, -0.1) is 0 Å². The summed E-state index contributed by atoms with van der Waals surface area (Å²) in [6.07, 6.45) is 4.70. The van der Waals surface area contributed by atoms with Gasteiger partial charge in [-0.3, -0.25) is 0 Å². The summed E-state index contributed by atoms with van der Waals surface area (Å²) in [4.78, 5) is 12.0. The van der Waals surface area contributed by atoms with Crippen molar-refractivity contribution in [3.8, 4) is 6.07 Å². The first-order chi connectivity index (χ1) is 13.5. The van der Waals surface area contributed by atoms with Gasteiger partial charge in [-0.25, -0.2) is 4.98 Å². The van der Waals surface area contributed by atoms with E-state index in [-0.39, 0.29) is 17.6 Å². The molecular formula is C21H24N6O. The first-order valence-corrected chi connectivity index (χ1v) is 9.49. The molecule has 144 valence electrons. The number of fused-ring (bicyclic) bond motifs is 1. The third kappa shape index (κ3) is 3.27. The number of nitriles is 1. The summed E-state index contributed by atoms with van der Waals surface area (Å²) in [6, 6.07) is 10.4. The van der Waals surface area contributed by atoms with E-state index in [0.29, 0.717) is 30.3 Å². The molecule has 2 aromatic heterocycles. The third-order valence-electron chi connectivity index (χ3n) is 5.79. The van der Waals surface area contributed by atoms with Gasteiger partial charge in [0, 0.05) is 35.1 Å². The van der Waals surface area contributed by atoms with E-state index in [1.807, 2.05) is 32.2 Å². The lowest BCUT2D eigenvalue weighted by molar-refractivity contribution is -0.0511. The van der Waals surface area contributed by atoms with Gasteiger partial charge in [-0.05, 0) is 24.5 Å². The molecule has 2 atom stereocenters. The molecule has 3 aromatic rings. The largest absolute Gasteiger partial charge is 0.392 e. The minimum absolute atomic E-state index is 0.0728. The summed E-state index contributed by atoms with van der Waals surface area (Å²) in [5.74, 6) is 0.996. The number of anilines is 2. The number of aliphatic hydroxyl groups is 1. The minimum atomic E-state index is -0.342. The fourth-order valence-corrected chi connectivity index (χ4v) is 3.62. The zero-order valence-corrected chi connectivity index (χ0v) is 16.0. The Morgan fingerprint density at radius 2 is 2.18 bits per heavy atom. The van der Waals surface area contributed by atoms with Crippen molar-refractivity contribution in [1.29, 1.82) is 5.26 Å². The number of H-pyrrole nitrogens is 1. The molecule has 2 heterocycles. The summed E-state index contributed by atoms with van der Waals surface area (Å²) < 4.78 is 0. The van der Waals surface area contributed by atoms with Crippen LogP contribution in [0, 0.1) is 16.7 Å². The summed E-state index contributed by atoms with van der Waals surface area (Å²) in [6.45, 7) is 4.69. The van der Waals surface area contributed by atoms with Gasteiger partial charge in [-0.1, -0.05) is 32.0 Å². The SMILES string of the molecule is CC1(C)[C@@H](O)C[C@H]1Nc1nc(NCCc2c[nH]c3ccccc23)ncc1C#N. The van der Waals surface area contributed by atoms with Gasteiger partial charge in [0.2, 0.25) is 5.95 Å². The highest BCUT2D eigenvalue weighted by atomic mass is 16.3. The molecule has 1 aliphatic carbocycles. The van der Waals surface area contributed by atoms with Crippen molar-refractivity contribution in [2.75, 3.05) is 17.2 Å². The maximum atomic E-state index is 9.93. The Morgan fingerprint density at radius 3 is 2.93 bits per heavy atom. The highest BCUT2D eigenvalue weighted by molar-refractivity contribution is 5.83. The molecule has 0 amide bonds. The molecule has 1 aliphatic rings. The number of aromatic amines is 1. The molecule has 0 unspecified atom stereocenters. The maximum absolute atomic E-state index is 9.93. The van der Waals surface area contributed by atoms with Crippen molar-refractivity contribution in [2.45, 2.75) is 38.8 Å². The Kier molecular flexibility index (Phi) is 4.65. The zero-order chi connectivity index (χ0) is 19.7. The topological polar surface area (TPSA) is 110 Å². The zero-order valence-electron chi connectivity index (χ0n) is 16.0. The summed E-state index contributed by atoms with van der Waals surface area (Å²) in [5.41, 5.74) is 2.52. The molecule has 0 saturated heterocycles. The van der Waals surface area contributed by atoms with Gasteiger partial charge >= 0.3 is 0 Å². The number of rotatable bonds is 6. The lowest BCUT2D eigenvalue weighted by Gasteiger charge is -2.49. The average Bonchev–Trinajstić information content (AvgIpc) is 3.11. The molecule has 1 saturated carbocycles. The number of benzene rings is 1. The Labute approximate surface area is 163 Å². The van der Waals surface area contributed by atoms with E-state index < -0.39 is 0 Å². The van der Waals surface area contributed by atoms with Crippen molar-refractivity contribution in [1.82, 2.24) is 15.0 Å². The highest BCUT2D eigenvalue weighted by Crippen LogP contribution is 2.42. The van der Waals surface area contributed by atoms with Gasteiger partial charge < -0.3 is 20.7 Å².